The summed E-state index contributed by atoms with van der Waals surface area (Å²) in [7, 11) is 0.0234. The second-order valence-electron chi connectivity index (χ2n) is 7.77. The molecule has 0 bridgehead atoms. The summed E-state index contributed by atoms with van der Waals surface area (Å²) in [5, 5.41) is 2.89. The minimum atomic E-state index is -3.54. The molecule has 1 fully saturated rings. The van der Waals surface area contributed by atoms with Crippen LogP contribution in [0.15, 0.2) is 54.6 Å². The van der Waals surface area contributed by atoms with Gasteiger partial charge < -0.3 is 15.1 Å². The first-order valence-electron chi connectivity index (χ1n) is 10.0. The number of likely N-dealkylation sites (N-methyl/N-ethyl adjacent to an activating group) is 2. The molecule has 30 heavy (non-hydrogen) atoms. The molecule has 0 spiro atoms. The van der Waals surface area contributed by atoms with Gasteiger partial charge in [0.05, 0.1) is 6.26 Å². The van der Waals surface area contributed by atoms with Crippen LogP contribution in [0.1, 0.15) is 17.2 Å². The predicted molar refractivity (Wildman–Crippen MR) is 120 cm³/mol. The molecule has 1 amide bonds. The molecule has 7 nitrogen and oxygen atoms in total. The lowest BCUT2D eigenvalue weighted by molar-refractivity contribution is -0.124. The Hall–Kier alpha value is -2.42. The molecule has 0 aromatic heterocycles. The lowest BCUT2D eigenvalue weighted by atomic mass is 10.1. The van der Waals surface area contributed by atoms with Crippen molar-refractivity contribution in [1.29, 1.82) is 0 Å². The fourth-order valence-electron chi connectivity index (χ4n) is 3.53. The average Bonchev–Trinajstić information content (AvgIpc) is 2.73. The van der Waals surface area contributed by atoms with Gasteiger partial charge in [0.1, 0.15) is 6.04 Å². The molecule has 0 aliphatic carbocycles. The molecule has 162 valence electrons. The summed E-state index contributed by atoms with van der Waals surface area (Å²) in [6, 6.07) is 16.2. The first kappa shape index (κ1) is 22.3. The highest BCUT2D eigenvalue weighted by molar-refractivity contribution is 7.88. The molecule has 3 rings (SSSR count). The number of rotatable bonds is 7. The lowest BCUT2D eigenvalue weighted by Crippen LogP contribution is -2.44. The zero-order valence-electron chi connectivity index (χ0n) is 17.8. The third-order valence-electron chi connectivity index (χ3n) is 5.52. The van der Waals surface area contributed by atoms with Crippen LogP contribution in [0.4, 0.5) is 5.69 Å². The van der Waals surface area contributed by atoms with Gasteiger partial charge in [-0.1, -0.05) is 42.5 Å². The number of benzene rings is 2. The van der Waals surface area contributed by atoms with Gasteiger partial charge in [-0.3, -0.25) is 4.79 Å². The smallest absolute Gasteiger partial charge is 0.243 e. The van der Waals surface area contributed by atoms with Crippen molar-refractivity contribution < 1.29 is 13.2 Å². The van der Waals surface area contributed by atoms with E-state index in [2.05, 4.69) is 34.3 Å². The summed E-state index contributed by atoms with van der Waals surface area (Å²) < 4.78 is 25.2. The normalized spacial score (nSPS) is 16.5. The Morgan fingerprint density at radius 3 is 2.20 bits per heavy atom. The largest absolute Gasteiger partial charge is 0.369 e. The van der Waals surface area contributed by atoms with Crippen molar-refractivity contribution in [1.82, 2.24) is 14.5 Å². The van der Waals surface area contributed by atoms with Crippen molar-refractivity contribution in [2.75, 3.05) is 51.4 Å². The van der Waals surface area contributed by atoms with E-state index in [1.807, 2.05) is 18.2 Å². The number of sulfonamides is 1. The summed E-state index contributed by atoms with van der Waals surface area (Å²) in [6.07, 6.45) is 1.10. The van der Waals surface area contributed by atoms with E-state index in [0.717, 1.165) is 42.3 Å². The van der Waals surface area contributed by atoms with Crippen molar-refractivity contribution in [3.63, 3.8) is 0 Å². The minimum absolute atomic E-state index is 0.336. The zero-order valence-corrected chi connectivity index (χ0v) is 18.6. The maximum absolute atomic E-state index is 12.9. The monoisotopic (exact) mass is 430 g/mol. The Labute approximate surface area is 179 Å². The van der Waals surface area contributed by atoms with Crippen LogP contribution in [0.3, 0.4) is 0 Å². The fourth-order valence-corrected chi connectivity index (χ4v) is 4.13. The van der Waals surface area contributed by atoms with E-state index in [0.29, 0.717) is 12.1 Å². The maximum atomic E-state index is 12.9. The Morgan fingerprint density at radius 1 is 1.03 bits per heavy atom. The van der Waals surface area contributed by atoms with Gasteiger partial charge in [0.15, 0.2) is 0 Å². The van der Waals surface area contributed by atoms with Gasteiger partial charge in [0.2, 0.25) is 15.9 Å². The maximum Gasteiger partial charge on any atom is 0.243 e. The molecule has 1 aliphatic heterocycles. The topological polar surface area (TPSA) is 73.0 Å². The highest BCUT2D eigenvalue weighted by Crippen LogP contribution is 2.22. The van der Waals surface area contributed by atoms with Gasteiger partial charge in [-0.15, -0.1) is 0 Å². The van der Waals surface area contributed by atoms with Crippen LogP contribution in [-0.2, 0) is 21.4 Å². The molecule has 1 N–H and O–H groups in total. The van der Waals surface area contributed by atoms with Crippen LogP contribution in [0.5, 0.6) is 0 Å². The number of nitrogens with one attached hydrogen (secondary N) is 1. The van der Waals surface area contributed by atoms with E-state index in [1.165, 1.54) is 12.7 Å². The van der Waals surface area contributed by atoms with E-state index in [1.54, 1.807) is 24.3 Å². The van der Waals surface area contributed by atoms with Crippen molar-refractivity contribution in [2.24, 2.45) is 0 Å². The molecule has 8 heteroatoms. The van der Waals surface area contributed by atoms with E-state index >= 15 is 0 Å². The summed E-state index contributed by atoms with van der Waals surface area (Å²) in [4.78, 5) is 17.6. The molecule has 1 aliphatic rings. The average molecular weight is 431 g/mol. The minimum Gasteiger partial charge on any atom is -0.369 e. The standard InChI is InChI=1S/C22H30N4O3S/c1-24-13-15-26(16-14-24)20-11-9-18(10-12-20)17-23-22(27)21(25(2)30(3,28)29)19-7-5-4-6-8-19/h4-12,21H,13-17H2,1-3H3,(H,23,27). The summed E-state index contributed by atoms with van der Waals surface area (Å²) in [5.41, 5.74) is 2.78. The Bertz CT molecular complexity index is 940. The molecule has 0 saturated carbocycles. The van der Waals surface area contributed by atoms with E-state index in [-0.39, 0.29) is 5.91 Å². The molecule has 1 heterocycles. The summed E-state index contributed by atoms with van der Waals surface area (Å²) in [5.74, 6) is -0.350. The van der Waals surface area contributed by atoms with Gasteiger partial charge in [-0.25, -0.2) is 8.42 Å². The van der Waals surface area contributed by atoms with Crippen LogP contribution < -0.4 is 10.2 Å². The van der Waals surface area contributed by atoms with Gasteiger partial charge in [0.25, 0.3) is 0 Å². The molecule has 2 aromatic carbocycles. The zero-order chi connectivity index (χ0) is 21.7. The van der Waals surface area contributed by atoms with E-state index < -0.39 is 16.1 Å². The predicted octanol–water partition coefficient (Wildman–Crippen LogP) is 1.69. The van der Waals surface area contributed by atoms with Crippen LogP contribution in [0, 0.1) is 0 Å². The highest BCUT2D eigenvalue weighted by atomic mass is 32.2. The van der Waals surface area contributed by atoms with E-state index in [9.17, 15) is 13.2 Å². The highest BCUT2D eigenvalue weighted by Gasteiger charge is 2.30. The lowest BCUT2D eigenvalue weighted by Gasteiger charge is -2.34. The molecular weight excluding hydrogens is 400 g/mol. The van der Waals surface area contributed by atoms with Crippen molar-refractivity contribution in [3.8, 4) is 0 Å². The number of hydrogen-bond donors (Lipinski definition) is 1. The van der Waals surface area contributed by atoms with Crippen LogP contribution in [0.2, 0.25) is 0 Å². The van der Waals surface area contributed by atoms with Crippen molar-refractivity contribution in [3.05, 3.63) is 65.7 Å². The fraction of sp³-hybridized carbons (Fsp3) is 0.409. The van der Waals surface area contributed by atoms with Crippen LogP contribution in [-0.4, -0.2) is 70.1 Å². The Morgan fingerprint density at radius 2 is 1.63 bits per heavy atom. The third kappa shape index (κ3) is 5.59. The molecule has 1 saturated heterocycles. The number of amides is 1. The number of carbonyl (C=O) groups excluding carboxylic acids is 1. The van der Waals surface area contributed by atoms with Crippen LogP contribution in [0.25, 0.3) is 0 Å². The quantitative estimate of drug-likeness (QED) is 0.724. The number of hydrogen-bond acceptors (Lipinski definition) is 5. The van der Waals surface area contributed by atoms with Crippen LogP contribution >= 0.6 is 0 Å². The number of piperazine rings is 1. The molecule has 1 atom stereocenters. The third-order valence-corrected chi connectivity index (χ3v) is 6.78. The molecular formula is C22H30N4O3S. The Balaban J connectivity index is 1.66. The SMILES string of the molecule is CN1CCN(c2ccc(CNC(=O)C(c3ccccc3)N(C)S(C)(=O)=O)cc2)CC1. The number of nitrogens with zero attached hydrogens (tertiary/aromatic N) is 3. The second kappa shape index (κ2) is 9.59. The van der Waals surface area contributed by atoms with Gasteiger partial charge >= 0.3 is 0 Å². The van der Waals surface area contributed by atoms with Gasteiger partial charge in [-0.05, 0) is 30.3 Å². The van der Waals surface area contributed by atoms with E-state index in [4.69, 9.17) is 0 Å². The summed E-state index contributed by atoms with van der Waals surface area (Å²) >= 11 is 0. The number of carbonyl (C=O) groups is 1. The van der Waals surface area contributed by atoms with Gasteiger partial charge in [0, 0.05) is 45.5 Å². The number of anilines is 1. The summed E-state index contributed by atoms with van der Waals surface area (Å²) in [6.45, 7) is 4.44. The molecule has 1 unspecified atom stereocenters. The first-order chi connectivity index (χ1) is 14.3. The van der Waals surface area contributed by atoms with Gasteiger partial charge in [-0.2, -0.15) is 4.31 Å². The van der Waals surface area contributed by atoms with Crippen molar-refractivity contribution in [2.45, 2.75) is 12.6 Å². The molecule has 2 aromatic rings. The first-order valence-corrected chi connectivity index (χ1v) is 11.9. The second-order valence-corrected chi connectivity index (χ2v) is 9.81. The molecule has 0 radical (unpaired) electrons. The Kier molecular flexibility index (Phi) is 7.12. The van der Waals surface area contributed by atoms with Crippen molar-refractivity contribution >= 4 is 21.6 Å².